The van der Waals surface area contributed by atoms with Crippen molar-refractivity contribution in [1.82, 2.24) is 15.5 Å². The van der Waals surface area contributed by atoms with E-state index in [0.717, 1.165) is 30.7 Å². The molecule has 0 saturated carbocycles. The van der Waals surface area contributed by atoms with Crippen molar-refractivity contribution in [1.29, 1.82) is 0 Å². The Morgan fingerprint density at radius 2 is 2.17 bits per heavy atom. The van der Waals surface area contributed by atoms with Crippen LogP contribution in [-0.2, 0) is 6.42 Å². The van der Waals surface area contributed by atoms with Gasteiger partial charge in [-0.05, 0) is 26.0 Å². The van der Waals surface area contributed by atoms with Gasteiger partial charge >= 0.3 is 0 Å². The van der Waals surface area contributed by atoms with Gasteiger partial charge in [-0.1, -0.05) is 13.8 Å². The summed E-state index contributed by atoms with van der Waals surface area (Å²) in [4.78, 5) is 0. The average Bonchev–Trinajstić information content (AvgIpc) is 2.92. The van der Waals surface area contributed by atoms with Crippen LogP contribution in [0, 0.1) is 6.92 Å². The number of furan rings is 1. The van der Waals surface area contributed by atoms with Gasteiger partial charge in [-0.15, -0.1) is 10.2 Å². The van der Waals surface area contributed by atoms with Crippen LogP contribution in [0.3, 0.4) is 0 Å². The van der Waals surface area contributed by atoms with Gasteiger partial charge in [-0.2, -0.15) is 0 Å². The number of aryl methyl sites for hydroxylation is 2. The van der Waals surface area contributed by atoms with Gasteiger partial charge in [0.1, 0.15) is 5.76 Å². The Labute approximate surface area is 107 Å². The second-order valence-corrected chi connectivity index (χ2v) is 4.60. The maximum atomic E-state index is 5.61. The Balaban J connectivity index is 1.89. The summed E-state index contributed by atoms with van der Waals surface area (Å²) in [6.45, 7) is 7.10. The molecule has 0 amide bonds. The predicted molar refractivity (Wildman–Crippen MR) is 68.2 cm³/mol. The molecule has 0 bridgehead atoms. The molecule has 0 aliphatic carbocycles. The van der Waals surface area contributed by atoms with Crippen molar-refractivity contribution in [2.24, 2.45) is 0 Å². The van der Waals surface area contributed by atoms with Gasteiger partial charge in [0.15, 0.2) is 0 Å². The fourth-order valence-electron chi connectivity index (χ4n) is 1.70. The van der Waals surface area contributed by atoms with E-state index in [9.17, 15) is 0 Å². The highest BCUT2D eigenvalue weighted by Crippen LogP contribution is 2.22. The zero-order chi connectivity index (χ0) is 13.0. The van der Waals surface area contributed by atoms with Crippen molar-refractivity contribution in [3.05, 3.63) is 24.0 Å². The van der Waals surface area contributed by atoms with E-state index in [2.05, 4.69) is 29.4 Å². The van der Waals surface area contributed by atoms with Crippen LogP contribution in [0.1, 0.15) is 31.9 Å². The molecule has 2 aromatic rings. The van der Waals surface area contributed by atoms with E-state index in [1.807, 2.05) is 13.0 Å². The van der Waals surface area contributed by atoms with Gasteiger partial charge in [-0.25, -0.2) is 0 Å². The fourth-order valence-corrected chi connectivity index (χ4v) is 1.70. The zero-order valence-electron chi connectivity index (χ0n) is 11.1. The first-order valence-corrected chi connectivity index (χ1v) is 6.27. The quantitative estimate of drug-likeness (QED) is 0.797. The Kier molecular flexibility index (Phi) is 4.15. The summed E-state index contributed by atoms with van der Waals surface area (Å²) < 4.78 is 10.8. The van der Waals surface area contributed by atoms with Crippen LogP contribution in [0.15, 0.2) is 21.2 Å². The summed E-state index contributed by atoms with van der Waals surface area (Å²) in [7, 11) is 0. The molecule has 0 unspecified atom stereocenters. The molecule has 18 heavy (non-hydrogen) atoms. The molecule has 0 aromatic carbocycles. The largest absolute Gasteiger partial charge is 0.469 e. The molecule has 0 spiro atoms. The molecule has 2 heterocycles. The van der Waals surface area contributed by atoms with Crippen LogP contribution >= 0.6 is 0 Å². The zero-order valence-corrected chi connectivity index (χ0v) is 11.1. The normalized spacial score (nSPS) is 11.3. The minimum atomic E-state index is 0.511. The number of hydrogen-bond donors (Lipinski definition) is 1. The summed E-state index contributed by atoms with van der Waals surface area (Å²) in [6.07, 6.45) is 3.41. The molecule has 98 valence electrons. The Hall–Kier alpha value is -1.62. The monoisotopic (exact) mass is 249 g/mol. The number of nitrogens with one attached hydrogen (secondary N) is 1. The molecular weight excluding hydrogens is 230 g/mol. The second kappa shape index (κ2) is 5.82. The van der Waals surface area contributed by atoms with E-state index in [-0.39, 0.29) is 0 Å². The lowest BCUT2D eigenvalue weighted by Crippen LogP contribution is -2.23. The molecule has 0 fully saturated rings. The third kappa shape index (κ3) is 3.20. The summed E-state index contributed by atoms with van der Waals surface area (Å²) in [5.41, 5.74) is 0.869. The summed E-state index contributed by atoms with van der Waals surface area (Å²) in [6, 6.07) is 2.35. The molecule has 5 heteroatoms. The highest BCUT2D eigenvalue weighted by molar-refractivity contribution is 5.54. The van der Waals surface area contributed by atoms with E-state index < -0.39 is 0 Å². The highest BCUT2D eigenvalue weighted by Gasteiger charge is 2.12. The predicted octanol–water partition coefficient (Wildman–Crippen LogP) is 2.57. The summed E-state index contributed by atoms with van der Waals surface area (Å²) >= 11 is 0. The minimum absolute atomic E-state index is 0.511. The first-order chi connectivity index (χ1) is 8.66. The van der Waals surface area contributed by atoms with Gasteiger partial charge < -0.3 is 14.2 Å². The van der Waals surface area contributed by atoms with Crippen molar-refractivity contribution in [2.45, 2.75) is 39.7 Å². The van der Waals surface area contributed by atoms with Crippen LogP contribution in [0.25, 0.3) is 11.5 Å². The van der Waals surface area contributed by atoms with Crippen molar-refractivity contribution < 1.29 is 8.83 Å². The SMILES string of the molecule is Cc1occc1-c1nnc(CCCNC(C)C)o1. The fraction of sp³-hybridized carbons (Fsp3) is 0.538. The first kappa shape index (κ1) is 12.8. The highest BCUT2D eigenvalue weighted by atomic mass is 16.4. The topological polar surface area (TPSA) is 64.1 Å². The Morgan fingerprint density at radius 3 is 2.83 bits per heavy atom. The third-order valence-electron chi connectivity index (χ3n) is 2.68. The smallest absolute Gasteiger partial charge is 0.251 e. The molecule has 0 aliphatic rings. The molecule has 0 saturated heterocycles. The van der Waals surface area contributed by atoms with Crippen LogP contribution in [0.2, 0.25) is 0 Å². The number of rotatable bonds is 6. The maximum absolute atomic E-state index is 5.61. The van der Waals surface area contributed by atoms with Crippen LogP contribution in [0.4, 0.5) is 0 Å². The van der Waals surface area contributed by atoms with Gasteiger partial charge in [0.2, 0.25) is 5.89 Å². The lowest BCUT2D eigenvalue weighted by atomic mass is 10.2. The molecule has 5 nitrogen and oxygen atoms in total. The molecule has 2 aromatic heterocycles. The number of hydrogen-bond acceptors (Lipinski definition) is 5. The van der Waals surface area contributed by atoms with Crippen molar-refractivity contribution >= 4 is 0 Å². The molecule has 1 N–H and O–H groups in total. The lowest BCUT2D eigenvalue weighted by molar-refractivity contribution is 0.481. The Morgan fingerprint density at radius 1 is 1.33 bits per heavy atom. The summed E-state index contributed by atoms with van der Waals surface area (Å²) in [5, 5.41) is 11.4. The summed E-state index contributed by atoms with van der Waals surface area (Å²) in [5.74, 6) is 2.01. The van der Waals surface area contributed by atoms with E-state index in [0.29, 0.717) is 17.8 Å². The molecular formula is C13H19N3O2. The van der Waals surface area contributed by atoms with Gasteiger partial charge in [-0.3, -0.25) is 0 Å². The van der Waals surface area contributed by atoms with Crippen LogP contribution in [0.5, 0.6) is 0 Å². The van der Waals surface area contributed by atoms with Crippen molar-refractivity contribution in [3.8, 4) is 11.5 Å². The van der Waals surface area contributed by atoms with Crippen molar-refractivity contribution in [2.75, 3.05) is 6.54 Å². The average molecular weight is 249 g/mol. The minimum Gasteiger partial charge on any atom is -0.469 e. The number of nitrogens with zero attached hydrogens (tertiary/aromatic N) is 2. The Bertz CT molecular complexity index is 488. The lowest BCUT2D eigenvalue weighted by Gasteiger charge is -2.05. The van der Waals surface area contributed by atoms with Gasteiger partial charge in [0, 0.05) is 12.5 Å². The van der Waals surface area contributed by atoms with Crippen LogP contribution < -0.4 is 5.32 Å². The van der Waals surface area contributed by atoms with E-state index >= 15 is 0 Å². The maximum Gasteiger partial charge on any atom is 0.251 e. The number of aromatic nitrogens is 2. The molecule has 0 aliphatic heterocycles. The standard InChI is InChI=1S/C13H19N3O2/c1-9(2)14-7-4-5-12-15-16-13(18-12)11-6-8-17-10(11)3/h6,8-9,14H,4-5,7H2,1-3H3. The van der Waals surface area contributed by atoms with E-state index in [4.69, 9.17) is 8.83 Å². The van der Waals surface area contributed by atoms with Crippen LogP contribution in [-0.4, -0.2) is 22.8 Å². The molecule has 0 atom stereocenters. The van der Waals surface area contributed by atoms with Crippen molar-refractivity contribution in [3.63, 3.8) is 0 Å². The van der Waals surface area contributed by atoms with E-state index in [1.54, 1.807) is 6.26 Å². The van der Waals surface area contributed by atoms with E-state index in [1.165, 1.54) is 0 Å². The molecule has 2 rings (SSSR count). The second-order valence-electron chi connectivity index (χ2n) is 4.60. The first-order valence-electron chi connectivity index (χ1n) is 6.27. The van der Waals surface area contributed by atoms with Gasteiger partial charge in [0.05, 0.1) is 11.8 Å². The third-order valence-corrected chi connectivity index (χ3v) is 2.68. The van der Waals surface area contributed by atoms with Gasteiger partial charge in [0.25, 0.3) is 5.89 Å². The molecule has 0 radical (unpaired) electrons.